The molecule has 1 N–H and O–H groups in total. The van der Waals surface area contributed by atoms with Crippen molar-refractivity contribution in [3.8, 4) is 0 Å². The highest BCUT2D eigenvalue weighted by Crippen LogP contribution is 2.27. The van der Waals surface area contributed by atoms with Gasteiger partial charge in [-0.15, -0.1) is 0 Å². The molecule has 1 aromatic carbocycles. The first kappa shape index (κ1) is 11.1. The summed E-state index contributed by atoms with van der Waals surface area (Å²) in [5.74, 6) is -2.26. The Kier molecular flexibility index (Phi) is 2.21. The summed E-state index contributed by atoms with van der Waals surface area (Å²) in [6.07, 6.45) is 1.24. The maximum atomic E-state index is 12.1. The van der Waals surface area contributed by atoms with Crippen LogP contribution in [0.15, 0.2) is 35.1 Å². The molecule has 2 amide bonds. The van der Waals surface area contributed by atoms with Crippen molar-refractivity contribution in [1.82, 2.24) is 5.16 Å². The lowest BCUT2D eigenvalue weighted by Gasteiger charge is -2.07. The van der Waals surface area contributed by atoms with E-state index in [9.17, 15) is 14.4 Å². The number of aromatic nitrogens is 1. The summed E-state index contributed by atoms with van der Waals surface area (Å²) in [4.78, 5) is 35.9. The minimum Gasteiger partial charge on any atom is -0.478 e. The minimum absolute atomic E-state index is 0.0490. The maximum absolute atomic E-state index is 12.1. The molecule has 0 aliphatic carbocycles. The van der Waals surface area contributed by atoms with E-state index in [-0.39, 0.29) is 22.5 Å². The molecule has 0 spiro atoms. The standard InChI is InChI=1S/C12H6N2O5/c15-10-7-2-1-6(12(17)18)5-8(7)11(16)14(10)9-3-4-19-13-9/h1-5H,(H,17,18). The molecular formula is C12H6N2O5. The lowest BCUT2D eigenvalue weighted by molar-refractivity contribution is 0.0696. The zero-order chi connectivity index (χ0) is 13.6. The number of hydrogen-bond acceptors (Lipinski definition) is 5. The first-order chi connectivity index (χ1) is 9.09. The molecular weight excluding hydrogens is 252 g/mol. The quantitative estimate of drug-likeness (QED) is 0.811. The van der Waals surface area contributed by atoms with Crippen LogP contribution in [0.5, 0.6) is 0 Å². The third-order valence-electron chi connectivity index (χ3n) is 2.79. The largest absolute Gasteiger partial charge is 0.478 e. The molecule has 0 saturated heterocycles. The number of rotatable bonds is 2. The van der Waals surface area contributed by atoms with Crippen LogP contribution in [0.25, 0.3) is 0 Å². The third kappa shape index (κ3) is 1.52. The highest BCUT2D eigenvalue weighted by molar-refractivity contribution is 6.34. The number of hydrogen-bond donors (Lipinski definition) is 1. The van der Waals surface area contributed by atoms with Gasteiger partial charge in [0.05, 0.1) is 16.7 Å². The number of carboxylic acid groups (broad SMARTS) is 1. The highest BCUT2D eigenvalue weighted by atomic mass is 16.5. The Morgan fingerprint density at radius 3 is 2.53 bits per heavy atom. The number of aromatic carboxylic acids is 1. The Bertz CT molecular complexity index is 705. The number of carbonyl (C=O) groups is 3. The Morgan fingerprint density at radius 2 is 1.89 bits per heavy atom. The van der Waals surface area contributed by atoms with Gasteiger partial charge in [-0.25, -0.2) is 9.69 Å². The van der Waals surface area contributed by atoms with Gasteiger partial charge >= 0.3 is 5.97 Å². The van der Waals surface area contributed by atoms with E-state index < -0.39 is 17.8 Å². The van der Waals surface area contributed by atoms with E-state index in [1.54, 1.807) is 0 Å². The summed E-state index contributed by atoms with van der Waals surface area (Å²) >= 11 is 0. The first-order valence-corrected chi connectivity index (χ1v) is 5.26. The summed E-state index contributed by atoms with van der Waals surface area (Å²) < 4.78 is 4.59. The summed E-state index contributed by atoms with van der Waals surface area (Å²) in [5, 5.41) is 12.4. The molecule has 0 unspecified atom stereocenters. The second-order valence-corrected chi connectivity index (χ2v) is 3.87. The average molecular weight is 258 g/mol. The smallest absolute Gasteiger partial charge is 0.335 e. The Labute approximate surface area is 106 Å². The lowest BCUT2D eigenvalue weighted by Crippen LogP contribution is -2.29. The summed E-state index contributed by atoms with van der Waals surface area (Å²) in [6.45, 7) is 0. The molecule has 94 valence electrons. The van der Waals surface area contributed by atoms with Crippen molar-refractivity contribution in [3.05, 3.63) is 47.2 Å². The lowest BCUT2D eigenvalue weighted by atomic mass is 10.1. The molecule has 0 saturated carbocycles. The van der Waals surface area contributed by atoms with Crippen molar-refractivity contribution in [2.24, 2.45) is 0 Å². The van der Waals surface area contributed by atoms with Gasteiger partial charge in [0.1, 0.15) is 6.26 Å². The number of imide groups is 1. The monoisotopic (exact) mass is 258 g/mol. The number of benzene rings is 1. The van der Waals surface area contributed by atoms with Crippen LogP contribution in [-0.4, -0.2) is 28.0 Å². The molecule has 3 rings (SSSR count). The minimum atomic E-state index is -1.16. The summed E-state index contributed by atoms with van der Waals surface area (Å²) in [6, 6.07) is 5.15. The number of amides is 2. The molecule has 19 heavy (non-hydrogen) atoms. The topological polar surface area (TPSA) is 101 Å². The second kappa shape index (κ2) is 3.77. The molecule has 0 radical (unpaired) electrons. The van der Waals surface area contributed by atoms with Gasteiger partial charge in [-0.3, -0.25) is 9.59 Å². The molecule has 7 heteroatoms. The normalized spacial score (nSPS) is 13.8. The number of fused-ring (bicyclic) bond motifs is 1. The molecule has 2 heterocycles. The van der Waals surface area contributed by atoms with E-state index in [2.05, 4.69) is 9.68 Å². The van der Waals surface area contributed by atoms with Crippen LogP contribution >= 0.6 is 0 Å². The van der Waals surface area contributed by atoms with Gasteiger partial charge in [-0.05, 0) is 18.2 Å². The fourth-order valence-electron chi connectivity index (χ4n) is 1.90. The predicted molar refractivity (Wildman–Crippen MR) is 61.0 cm³/mol. The van der Waals surface area contributed by atoms with E-state index in [0.29, 0.717) is 0 Å². The van der Waals surface area contributed by atoms with Crippen molar-refractivity contribution in [1.29, 1.82) is 0 Å². The van der Waals surface area contributed by atoms with Gasteiger partial charge < -0.3 is 9.63 Å². The fourth-order valence-corrected chi connectivity index (χ4v) is 1.90. The second-order valence-electron chi connectivity index (χ2n) is 3.87. The highest BCUT2D eigenvalue weighted by Gasteiger charge is 2.38. The zero-order valence-electron chi connectivity index (χ0n) is 9.36. The molecule has 0 bridgehead atoms. The van der Waals surface area contributed by atoms with E-state index in [4.69, 9.17) is 5.11 Å². The van der Waals surface area contributed by atoms with Gasteiger partial charge in [0.2, 0.25) is 0 Å². The van der Waals surface area contributed by atoms with E-state index in [1.807, 2.05) is 0 Å². The summed E-state index contributed by atoms with van der Waals surface area (Å²) in [7, 11) is 0. The van der Waals surface area contributed by atoms with E-state index in [1.165, 1.54) is 30.5 Å². The zero-order valence-corrected chi connectivity index (χ0v) is 9.36. The van der Waals surface area contributed by atoms with Gasteiger partial charge in [0.15, 0.2) is 5.82 Å². The van der Waals surface area contributed by atoms with Crippen LogP contribution in [0, 0.1) is 0 Å². The van der Waals surface area contributed by atoms with Gasteiger partial charge in [-0.1, -0.05) is 5.16 Å². The Hall–Kier alpha value is -2.96. The van der Waals surface area contributed by atoms with Crippen molar-refractivity contribution in [3.63, 3.8) is 0 Å². The van der Waals surface area contributed by atoms with Crippen molar-refractivity contribution in [2.75, 3.05) is 4.90 Å². The Morgan fingerprint density at radius 1 is 1.16 bits per heavy atom. The van der Waals surface area contributed by atoms with Gasteiger partial charge in [0, 0.05) is 6.07 Å². The molecule has 2 aromatic rings. The van der Waals surface area contributed by atoms with Crippen molar-refractivity contribution in [2.45, 2.75) is 0 Å². The molecule has 0 atom stereocenters. The third-order valence-corrected chi connectivity index (χ3v) is 2.79. The van der Waals surface area contributed by atoms with Gasteiger partial charge in [-0.2, -0.15) is 0 Å². The number of carboxylic acids is 1. The molecule has 0 fully saturated rings. The van der Waals surface area contributed by atoms with Crippen molar-refractivity contribution >= 4 is 23.6 Å². The van der Waals surface area contributed by atoms with E-state index in [0.717, 1.165) is 4.90 Å². The van der Waals surface area contributed by atoms with Crippen LogP contribution in [0.4, 0.5) is 5.82 Å². The number of anilines is 1. The van der Waals surface area contributed by atoms with Crippen LogP contribution < -0.4 is 4.90 Å². The number of carbonyl (C=O) groups excluding carboxylic acids is 2. The SMILES string of the molecule is O=C(O)c1ccc2c(c1)C(=O)N(c1ccon1)C2=O. The molecule has 1 aromatic heterocycles. The van der Waals surface area contributed by atoms with Gasteiger partial charge in [0.25, 0.3) is 11.8 Å². The molecule has 7 nitrogen and oxygen atoms in total. The molecule has 1 aliphatic rings. The summed E-state index contributed by atoms with van der Waals surface area (Å²) in [5.41, 5.74) is 0.146. The van der Waals surface area contributed by atoms with Crippen LogP contribution in [0.2, 0.25) is 0 Å². The van der Waals surface area contributed by atoms with Crippen LogP contribution in [0.1, 0.15) is 31.1 Å². The average Bonchev–Trinajstić information content (AvgIpc) is 2.98. The fraction of sp³-hybridized carbons (Fsp3) is 0. The first-order valence-electron chi connectivity index (χ1n) is 5.26. The Balaban J connectivity index is 2.12. The van der Waals surface area contributed by atoms with E-state index >= 15 is 0 Å². The maximum Gasteiger partial charge on any atom is 0.335 e. The molecule has 1 aliphatic heterocycles. The van der Waals surface area contributed by atoms with Crippen LogP contribution in [0.3, 0.4) is 0 Å². The van der Waals surface area contributed by atoms with Crippen LogP contribution in [-0.2, 0) is 0 Å². The van der Waals surface area contributed by atoms with Crippen molar-refractivity contribution < 1.29 is 24.0 Å². The number of nitrogens with zero attached hydrogens (tertiary/aromatic N) is 2. The predicted octanol–water partition coefficient (Wildman–Crippen LogP) is 1.17.